The molecule has 7 nitrogen and oxygen atoms in total. The summed E-state index contributed by atoms with van der Waals surface area (Å²) in [5, 5.41) is 11.1. The van der Waals surface area contributed by atoms with Crippen LogP contribution in [0.25, 0.3) is 5.76 Å². The molecule has 1 aromatic heterocycles. The second kappa shape index (κ2) is 9.09. The molecule has 1 aliphatic rings. The van der Waals surface area contributed by atoms with Gasteiger partial charge in [-0.25, -0.2) is 0 Å². The summed E-state index contributed by atoms with van der Waals surface area (Å²) in [5.74, 6) is -0.747. The molecule has 0 spiro atoms. The Morgan fingerprint density at radius 2 is 1.90 bits per heavy atom. The number of aliphatic hydroxyl groups excluding tert-OH is 1. The van der Waals surface area contributed by atoms with Gasteiger partial charge in [-0.1, -0.05) is 0 Å². The zero-order valence-corrected chi connectivity index (χ0v) is 17.8. The van der Waals surface area contributed by atoms with Gasteiger partial charge in [0.05, 0.1) is 39.4 Å². The highest BCUT2D eigenvalue weighted by Gasteiger charge is 2.45. The fourth-order valence-electron chi connectivity index (χ4n) is 3.79. The van der Waals surface area contributed by atoms with Crippen LogP contribution in [0.4, 0.5) is 0 Å². The number of benzene rings is 1. The topological polar surface area (TPSA) is 84.2 Å². The molecule has 3 rings (SSSR count). The second-order valence-electron chi connectivity index (χ2n) is 7.77. The number of hydrogen-bond donors (Lipinski definition) is 2. The molecule has 1 aromatic carbocycles. The minimum absolute atomic E-state index is 0.105. The molecule has 158 valence electrons. The lowest BCUT2D eigenvalue weighted by Gasteiger charge is -2.25. The predicted octanol–water partition coefficient (Wildman–Crippen LogP) is 1.35. The molecule has 30 heavy (non-hydrogen) atoms. The SMILES string of the molecule is COc1ccc(C(O)=C2C(=O)C(=O)N(CCC[NH+](C)C)[C@@H]2c2ccncc2)cc1C. The fourth-order valence-corrected chi connectivity index (χ4v) is 3.79. The zero-order valence-electron chi connectivity index (χ0n) is 17.8. The smallest absolute Gasteiger partial charge is 0.295 e. The summed E-state index contributed by atoms with van der Waals surface area (Å²) < 4.78 is 5.28. The zero-order chi connectivity index (χ0) is 21.8. The van der Waals surface area contributed by atoms with E-state index in [0.29, 0.717) is 17.9 Å². The Balaban J connectivity index is 2.08. The minimum atomic E-state index is -0.667. The normalized spacial score (nSPS) is 18.3. The number of aliphatic hydroxyl groups is 1. The van der Waals surface area contributed by atoms with E-state index in [4.69, 9.17) is 4.74 Å². The first-order chi connectivity index (χ1) is 14.3. The average Bonchev–Trinajstić information content (AvgIpc) is 2.98. The van der Waals surface area contributed by atoms with Crippen molar-refractivity contribution in [3.8, 4) is 5.75 Å². The number of hydrogen-bond acceptors (Lipinski definition) is 5. The number of nitrogens with zero attached hydrogens (tertiary/aromatic N) is 2. The van der Waals surface area contributed by atoms with Gasteiger partial charge < -0.3 is 19.6 Å². The van der Waals surface area contributed by atoms with Crippen molar-refractivity contribution in [3.63, 3.8) is 0 Å². The van der Waals surface area contributed by atoms with Crippen molar-refractivity contribution in [1.82, 2.24) is 9.88 Å². The van der Waals surface area contributed by atoms with Crippen molar-refractivity contribution in [2.45, 2.75) is 19.4 Å². The maximum absolute atomic E-state index is 13.0. The predicted molar refractivity (Wildman–Crippen MR) is 113 cm³/mol. The molecule has 1 amide bonds. The lowest BCUT2D eigenvalue weighted by molar-refractivity contribution is -0.858. The molecule has 0 saturated carbocycles. The van der Waals surface area contributed by atoms with Gasteiger partial charge in [0.2, 0.25) is 0 Å². The lowest BCUT2D eigenvalue weighted by Crippen LogP contribution is -3.05. The first-order valence-electron chi connectivity index (χ1n) is 9.97. The van der Waals surface area contributed by atoms with Crippen molar-refractivity contribution in [1.29, 1.82) is 0 Å². The van der Waals surface area contributed by atoms with Crippen LogP contribution in [0.5, 0.6) is 5.75 Å². The van der Waals surface area contributed by atoms with Gasteiger partial charge in [-0.15, -0.1) is 0 Å². The molecular weight excluding hydrogens is 382 g/mol. The van der Waals surface area contributed by atoms with E-state index in [0.717, 1.165) is 24.1 Å². The van der Waals surface area contributed by atoms with Gasteiger partial charge in [-0.3, -0.25) is 14.6 Å². The molecule has 7 heteroatoms. The van der Waals surface area contributed by atoms with Gasteiger partial charge in [-0.05, 0) is 48.4 Å². The average molecular weight is 410 g/mol. The Morgan fingerprint density at radius 3 is 2.50 bits per heavy atom. The number of nitrogens with one attached hydrogen (secondary N) is 1. The van der Waals surface area contributed by atoms with Crippen LogP contribution < -0.4 is 9.64 Å². The lowest BCUT2D eigenvalue weighted by atomic mass is 9.95. The van der Waals surface area contributed by atoms with Crippen LogP contribution >= 0.6 is 0 Å². The van der Waals surface area contributed by atoms with Crippen LogP contribution in [0.3, 0.4) is 0 Å². The summed E-state index contributed by atoms with van der Waals surface area (Å²) in [4.78, 5) is 32.7. The van der Waals surface area contributed by atoms with Crippen LogP contribution in [0.2, 0.25) is 0 Å². The third kappa shape index (κ3) is 4.21. The second-order valence-corrected chi connectivity index (χ2v) is 7.77. The van der Waals surface area contributed by atoms with Crippen molar-refractivity contribution in [3.05, 3.63) is 65.0 Å². The first-order valence-corrected chi connectivity index (χ1v) is 9.97. The van der Waals surface area contributed by atoms with E-state index in [-0.39, 0.29) is 11.3 Å². The maximum Gasteiger partial charge on any atom is 0.295 e. The maximum atomic E-state index is 13.0. The van der Waals surface area contributed by atoms with Crippen LogP contribution in [0.15, 0.2) is 48.3 Å². The summed E-state index contributed by atoms with van der Waals surface area (Å²) in [6, 6.07) is 8.07. The molecule has 1 aliphatic heterocycles. The molecule has 0 aliphatic carbocycles. The van der Waals surface area contributed by atoms with E-state index < -0.39 is 17.7 Å². The number of rotatable bonds is 7. The highest BCUT2D eigenvalue weighted by atomic mass is 16.5. The number of pyridine rings is 1. The molecule has 1 fully saturated rings. The van der Waals surface area contributed by atoms with E-state index in [1.807, 2.05) is 21.0 Å². The third-order valence-electron chi connectivity index (χ3n) is 5.31. The molecular formula is C23H28N3O4+. The molecule has 1 atom stereocenters. The summed E-state index contributed by atoms with van der Waals surface area (Å²) >= 11 is 0. The van der Waals surface area contributed by atoms with Crippen LogP contribution in [-0.4, -0.2) is 61.0 Å². The van der Waals surface area contributed by atoms with Gasteiger partial charge in [-0.2, -0.15) is 0 Å². The number of Topliss-reactive ketones (excluding diaryl/α,β-unsaturated/α-hetero) is 1. The van der Waals surface area contributed by atoms with Crippen molar-refractivity contribution >= 4 is 17.4 Å². The molecule has 1 saturated heterocycles. The number of ketones is 1. The Bertz CT molecular complexity index is 970. The summed E-state index contributed by atoms with van der Waals surface area (Å²) in [7, 11) is 5.66. The largest absolute Gasteiger partial charge is 0.507 e. The quantitative estimate of drug-likeness (QED) is 0.409. The molecule has 2 aromatic rings. The Hall–Kier alpha value is -3.19. The van der Waals surface area contributed by atoms with Crippen molar-refractivity contribution in [2.24, 2.45) is 0 Å². The number of quaternary nitrogens is 1. The third-order valence-corrected chi connectivity index (χ3v) is 5.31. The van der Waals surface area contributed by atoms with Crippen LogP contribution in [0.1, 0.15) is 29.2 Å². The number of likely N-dealkylation sites (tertiary alicyclic amines) is 1. The number of carbonyl (C=O) groups excluding carboxylic acids is 2. The number of methoxy groups -OCH3 is 1. The minimum Gasteiger partial charge on any atom is -0.507 e. The van der Waals surface area contributed by atoms with E-state index >= 15 is 0 Å². The number of carbonyl (C=O) groups is 2. The first kappa shape index (κ1) is 21.5. The van der Waals surface area contributed by atoms with Crippen molar-refractivity contribution < 1.29 is 24.3 Å². The van der Waals surface area contributed by atoms with E-state index in [2.05, 4.69) is 4.98 Å². The standard InChI is InChI=1S/C23H27N3O4/c1-15-14-17(6-7-18(15)30-4)21(27)19-20(16-8-10-24-11-9-16)26(23(29)22(19)28)13-5-12-25(2)3/h6-11,14,20,27H,5,12-13H2,1-4H3/p+1/t20-/m1/s1. The van der Waals surface area contributed by atoms with E-state index in [1.54, 1.807) is 54.7 Å². The Labute approximate surface area is 176 Å². The van der Waals surface area contributed by atoms with Gasteiger partial charge in [0, 0.05) is 30.9 Å². The monoisotopic (exact) mass is 410 g/mol. The highest BCUT2D eigenvalue weighted by Crippen LogP contribution is 2.39. The van der Waals surface area contributed by atoms with Gasteiger partial charge >= 0.3 is 0 Å². The fraction of sp³-hybridized carbons (Fsp3) is 0.348. The van der Waals surface area contributed by atoms with Gasteiger partial charge in [0.15, 0.2) is 0 Å². The molecule has 2 heterocycles. The van der Waals surface area contributed by atoms with E-state index in [9.17, 15) is 14.7 Å². The molecule has 0 radical (unpaired) electrons. The van der Waals surface area contributed by atoms with Gasteiger partial charge in [0.1, 0.15) is 11.5 Å². The Kier molecular flexibility index (Phi) is 6.52. The van der Waals surface area contributed by atoms with Crippen LogP contribution in [-0.2, 0) is 9.59 Å². The van der Waals surface area contributed by atoms with Crippen molar-refractivity contribution in [2.75, 3.05) is 34.3 Å². The summed E-state index contributed by atoms with van der Waals surface area (Å²) in [6.07, 6.45) is 3.99. The number of amides is 1. The summed E-state index contributed by atoms with van der Waals surface area (Å²) in [6.45, 7) is 3.16. The number of aromatic nitrogens is 1. The van der Waals surface area contributed by atoms with Crippen LogP contribution in [0, 0.1) is 6.92 Å². The molecule has 0 bridgehead atoms. The van der Waals surface area contributed by atoms with E-state index in [1.165, 1.54) is 4.90 Å². The number of ether oxygens (including phenoxy) is 1. The highest BCUT2D eigenvalue weighted by molar-refractivity contribution is 6.46. The molecule has 0 unspecified atom stereocenters. The molecule has 2 N–H and O–H groups in total. The Morgan fingerprint density at radius 1 is 1.20 bits per heavy atom. The number of aryl methyl sites for hydroxylation is 1. The summed E-state index contributed by atoms with van der Waals surface area (Å²) in [5.41, 5.74) is 2.15. The van der Waals surface area contributed by atoms with Gasteiger partial charge in [0.25, 0.3) is 11.7 Å².